The van der Waals surface area contributed by atoms with Gasteiger partial charge < -0.3 is 41.4 Å². The molecule has 0 radical (unpaired) electrons. The SMILES string of the molecule is CC(=O)[C@H](S)C(=O)NCC(=O)NCC(=O)NCC(=O)OC(=N)CCC(=O)OC(=O)CNC(=O)CNC(=O)CNC(=O)[C@@H](S)C(C)=O. The molecule has 46 heavy (non-hydrogen) atoms. The number of rotatable bonds is 19. The zero-order valence-corrected chi connectivity index (χ0v) is 26.3. The lowest BCUT2D eigenvalue weighted by atomic mass is 10.3. The van der Waals surface area contributed by atoms with Crippen molar-refractivity contribution in [2.24, 2.45) is 0 Å². The highest BCUT2D eigenvalue weighted by Gasteiger charge is 2.21. The molecule has 0 aromatic rings. The molecule has 0 aliphatic carbocycles. The molecule has 0 aliphatic rings. The summed E-state index contributed by atoms with van der Waals surface area (Å²) in [5.41, 5.74) is 0. The lowest BCUT2D eigenvalue weighted by Crippen LogP contribution is -2.45. The quantitative estimate of drug-likeness (QED) is 0.0201. The van der Waals surface area contributed by atoms with Crippen LogP contribution in [-0.2, 0) is 62.2 Å². The summed E-state index contributed by atoms with van der Waals surface area (Å²) in [7, 11) is 0. The first-order valence-electron chi connectivity index (χ1n) is 12.9. The van der Waals surface area contributed by atoms with Gasteiger partial charge in [-0.3, -0.25) is 48.6 Å². The van der Waals surface area contributed by atoms with Gasteiger partial charge in [-0.2, -0.15) is 25.3 Å². The molecular formula is C24H33N7O13S2. The zero-order valence-electron chi connectivity index (χ0n) is 24.5. The van der Waals surface area contributed by atoms with Crippen LogP contribution in [0.5, 0.6) is 0 Å². The van der Waals surface area contributed by atoms with Crippen LogP contribution < -0.4 is 31.9 Å². The molecule has 0 fully saturated rings. The molecule has 0 spiro atoms. The minimum atomic E-state index is -1.25. The van der Waals surface area contributed by atoms with Gasteiger partial charge in [-0.25, -0.2) is 9.59 Å². The van der Waals surface area contributed by atoms with E-state index in [4.69, 9.17) is 5.41 Å². The maximum Gasteiger partial charge on any atom is 0.333 e. The Bertz CT molecular complexity index is 1160. The molecule has 22 heteroatoms. The number of carbonyl (C=O) groups excluding carboxylic acids is 11. The third-order valence-electron chi connectivity index (χ3n) is 4.89. The Morgan fingerprint density at radius 3 is 1.20 bits per heavy atom. The van der Waals surface area contributed by atoms with E-state index in [2.05, 4.69) is 66.6 Å². The molecule has 0 rings (SSSR count). The summed E-state index contributed by atoms with van der Waals surface area (Å²) in [6.07, 6.45) is -1.04. The normalized spacial score (nSPS) is 11.3. The molecule has 6 amide bonds. The summed E-state index contributed by atoms with van der Waals surface area (Å²) >= 11 is 7.52. The van der Waals surface area contributed by atoms with Crippen LogP contribution in [0.1, 0.15) is 26.7 Å². The fourth-order valence-electron chi connectivity index (χ4n) is 2.50. The smallest absolute Gasteiger partial charge is 0.333 e. The minimum Gasteiger partial charge on any atom is -0.411 e. The van der Waals surface area contributed by atoms with E-state index in [0.717, 1.165) is 13.8 Å². The summed E-state index contributed by atoms with van der Waals surface area (Å²) < 4.78 is 9.03. The number of thiol groups is 2. The number of Topliss-reactive ketones (excluding diaryl/α,β-unsaturated/α-hetero) is 2. The number of carbonyl (C=O) groups is 11. The van der Waals surface area contributed by atoms with Crippen molar-refractivity contribution in [1.82, 2.24) is 31.9 Å². The van der Waals surface area contributed by atoms with E-state index in [1.807, 2.05) is 0 Å². The number of nitrogens with one attached hydrogen (secondary N) is 7. The highest BCUT2D eigenvalue weighted by molar-refractivity contribution is 7.83. The standard InChI is InChI=1S/C24H33N7O13S2/c1-11(32)21(45)23(41)30-7-16(36)26-5-14(34)28-9-19(39)43-13(25)3-4-18(38)44-20(40)10-29-15(35)6-27-17(37)8-31-24(42)22(46)12(2)33/h21-22,25,45-46H,3-10H2,1-2H3,(H,26,36)(H,27,37)(H,28,34)(H,29,35)(H,30,41)(H,31,42)/t21-,22-/m0/s1. The average Bonchev–Trinajstić information content (AvgIpc) is 2.99. The van der Waals surface area contributed by atoms with Gasteiger partial charge in [0.25, 0.3) is 0 Å². The first-order valence-corrected chi connectivity index (χ1v) is 14.0. The fraction of sp³-hybridized carbons (Fsp3) is 0.500. The van der Waals surface area contributed by atoms with Gasteiger partial charge in [-0.1, -0.05) is 0 Å². The van der Waals surface area contributed by atoms with E-state index >= 15 is 0 Å². The molecule has 0 unspecified atom stereocenters. The van der Waals surface area contributed by atoms with E-state index in [1.54, 1.807) is 0 Å². The van der Waals surface area contributed by atoms with Crippen molar-refractivity contribution in [1.29, 1.82) is 5.41 Å². The van der Waals surface area contributed by atoms with Crippen LogP contribution in [0, 0.1) is 5.41 Å². The van der Waals surface area contributed by atoms with Crippen molar-refractivity contribution in [2.45, 2.75) is 37.2 Å². The first kappa shape index (κ1) is 41.1. The van der Waals surface area contributed by atoms with Gasteiger partial charge in [0.15, 0.2) is 17.5 Å². The van der Waals surface area contributed by atoms with Gasteiger partial charge >= 0.3 is 17.9 Å². The number of hydrogen-bond acceptors (Lipinski definition) is 16. The van der Waals surface area contributed by atoms with Crippen LogP contribution in [0.3, 0.4) is 0 Å². The lowest BCUT2D eigenvalue weighted by Gasteiger charge is -2.10. The number of amides is 6. The van der Waals surface area contributed by atoms with Gasteiger partial charge in [0.05, 0.1) is 32.6 Å². The molecular weight excluding hydrogens is 658 g/mol. The van der Waals surface area contributed by atoms with Crippen LogP contribution in [0.25, 0.3) is 0 Å². The number of ether oxygens (including phenoxy) is 2. The van der Waals surface area contributed by atoms with Crippen LogP contribution in [0.15, 0.2) is 0 Å². The van der Waals surface area contributed by atoms with Crippen molar-refractivity contribution >= 4 is 96.1 Å². The Morgan fingerprint density at radius 1 is 0.500 bits per heavy atom. The molecule has 0 saturated carbocycles. The molecule has 0 bridgehead atoms. The Balaban J connectivity index is 4.14. The third-order valence-corrected chi connectivity index (χ3v) is 6.08. The van der Waals surface area contributed by atoms with Gasteiger partial charge in [-0.15, -0.1) is 0 Å². The lowest BCUT2D eigenvalue weighted by molar-refractivity contribution is -0.159. The van der Waals surface area contributed by atoms with E-state index in [0.29, 0.717) is 0 Å². The molecule has 7 N–H and O–H groups in total. The largest absolute Gasteiger partial charge is 0.411 e. The molecule has 0 aromatic heterocycles. The number of hydrogen-bond donors (Lipinski definition) is 9. The number of esters is 3. The summed E-state index contributed by atoms with van der Waals surface area (Å²) in [6, 6.07) is 0. The monoisotopic (exact) mass is 691 g/mol. The van der Waals surface area contributed by atoms with Gasteiger partial charge in [0, 0.05) is 6.42 Å². The van der Waals surface area contributed by atoms with Crippen molar-refractivity contribution in [3.05, 3.63) is 0 Å². The van der Waals surface area contributed by atoms with E-state index in [9.17, 15) is 52.7 Å². The molecule has 254 valence electrons. The number of ketones is 2. The van der Waals surface area contributed by atoms with Crippen molar-refractivity contribution in [3.8, 4) is 0 Å². The molecule has 0 saturated heterocycles. The second kappa shape index (κ2) is 21.8. The second-order valence-electron chi connectivity index (χ2n) is 8.81. The Labute approximate surface area is 271 Å². The molecule has 20 nitrogen and oxygen atoms in total. The van der Waals surface area contributed by atoms with E-state index < -0.39 is 133 Å². The predicted octanol–water partition coefficient (Wildman–Crippen LogP) is -5.17. The highest BCUT2D eigenvalue weighted by atomic mass is 32.1. The second-order valence-corrected chi connectivity index (χ2v) is 9.85. The van der Waals surface area contributed by atoms with Crippen molar-refractivity contribution in [2.75, 3.05) is 39.3 Å². The fourth-order valence-corrected chi connectivity index (χ4v) is 2.68. The summed E-state index contributed by atoms with van der Waals surface area (Å²) in [4.78, 5) is 127. The van der Waals surface area contributed by atoms with Crippen LogP contribution in [-0.4, -0.2) is 121 Å². The average molecular weight is 692 g/mol. The Hall–Kier alpha value is -4.86. The van der Waals surface area contributed by atoms with E-state index in [-0.39, 0.29) is 0 Å². The predicted molar refractivity (Wildman–Crippen MR) is 159 cm³/mol. The minimum absolute atomic E-state index is 0.473. The highest BCUT2D eigenvalue weighted by Crippen LogP contribution is 1.98. The molecule has 0 heterocycles. The molecule has 2 atom stereocenters. The maximum absolute atomic E-state index is 11.8. The van der Waals surface area contributed by atoms with Crippen LogP contribution in [0.4, 0.5) is 0 Å². The Morgan fingerprint density at radius 2 is 0.826 bits per heavy atom. The van der Waals surface area contributed by atoms with Crippen LogP contribution >= 0.6 is 25.3 Å². The third kappa shape index (κ3) is 19.4. The molecule has 0 aliphatic heterocycles. The Kier molecular flexibility index (Phi) is 19.5. The van der Waals surface area contributed by atoms with Gasteiger partial charge in [-0.05, 0) is 13.8 Å². The summed E-state index contributed by atoms with van der Waals surface area (Å²) in [6.45, 7) is -1.44. The topological polar surface area (TPSA) is 302 Å². The summed E-state index contributed by atoms with van der Waals surface area (Å²) in [5, 5.41) is 17.8. The van der Waals surface area contributed by atoms with Crippen molar-refractivity contribution < 1.29 is 62.2 Å². The summed E-state index contributed by atoms with van der Waals surface area (Å²) in [5.74, 6) is -9.97. The van der Waals surface area contributed by atoms with Gasteiger partial charge in [0.2, 0.25) is 35.4 Å². The molecule has 0 aromatic carbocycles. The van der Waals surface area contributed by atoms with Crippen molar-refractivity contribution in [3.63, 3.8) is 0 Å². The van der Waals surface area contributed by atoms with E-state index in [1.165, 1.54) is 0 Å². The zero-order chi connectivity index (χ0) is 35.4. The first-order chi connectivity index (χ1) is 21.4. The van der Waals surface area contributed by atoms with Crippen LogP contribution in [0.2, 0.25) is 0 Å². The van der Waals surface area contributed by atoms with Gasteiger partial charge in [0.1, 0.15) is 23.6 Å². The maximum atomic E-state index is 11.8.